The van der Waals surface area contributed by atoms with E-state index in [2.05, 4.69) is 62.3 Å². The second-order valence-electron chi connectivity index (χ2n) is 9.56. The van der Waals surface area contributed by atoms with Gasteiger partial charge in [0.1, 0.15) is 0 Å². The van der Waals surface area contributed by atoms with Crippen molar-refractivity contribution in [1.29, 1.82) is 0 Å². The minimum absolute atomic E-state index is 0.0158. The van der Waals surface area contributed by atoms with Crippen molar-refractivity contribution in [1.82, 2.24) is 0 Å². The van der Waals surface area contributed by atoms with Gasteiger partial charge in [0.15, 0.2) is 0 Å². The van der Waals surface area contributed by atoms with Gasteiger partial charge in [-0.05, 0) is 54.8 Å². The molecular weight excluding hydrogens is 283 g/mol. The Morgan fingerprint density at radius 3 is 1.13 bits per heavy atom. The monoisotopic (exact) mass is 326 g/mol. The van der Waals surface area contributed by atoms with Crippen LogP contribution >= 0.6 is 0 Å². The molecule has 2 N–H and O–H groups in total. The highest BCUT2D eigenvalue weighted by Gasteiger charge is 2.56. The summed E-state index contributed by atoms with van der Waals surface area (Å²) in [6.45, 7) is 20.2. The zero-order valence-electron chi connectivity index (χ0n) is 17.3. The van der Waals surface area contributed by atoms with Crippen molar-refractivity contribution in [3.63, 3.8) is 0 Å². The summed E-state index contributed by atoms with van der Waals surface area (Å²) in [4.78, 5) is 0. The third-order valence-corrected chi connectivity index (χ3v) is 5.37. The second kappa shape index (κ2) is 9.46. The van der Waals surface area contributed by atoms with Crippen LogP contribution in [0.3, 0.4) is 0 Å². The molecule has 0 atom stereocenters. The van der Waals surface area contributed by atoms with E-state index in [0.29, 0.717) is 23.7 Å². The lowest BCUT2D eigenvalue weighted by atomic mass is 9.38. The van der Waals surface area contributed by atoms with Crippen LogP contribution in [0.1, 0.15) is 94.4 Å². The molecule has 138 valence electrons. The fourth-order valence-electron chi connectivity index (χ4n) is 5.15. The fourth-order valence-corrected chi connectivity index (χ4v) is 5.15. The van der Waals surface area contributed by atoms with Gasteiger partial charge in [0.2, 0.25) is 0 Å². The molecule has 0 saturated carbocycles. The SMILES string of the molecule is CCC(CC(C)C)(CC(C)C)C(CC(C)C)(CC(C)C)B(O)O. The Hall–Kier alpha value is -0.0151. The van der Waals surface area contributed by atoms with Gasteiger partial charge in [-0.2, -0.15) is 0 Å². The molecule has 0 aliphatic heterocycles. The second-order valence-corrected chi connectivity index (χ2v) is 9.56. The summed E-state index contributed by atoms with van der Waals surface area (Å²) in [6, 6.07) is 0. The highest BCUT2D eigenvalue weighted by Crippen LogP contribution is 2.62. The van der Waals surface area contributed by atoms with Crippen molar-refractivity contribution in [3.05, 3.63) is 0 Å². The van der Waals surface area contributed by atoms with Crippen LogP contribution < -0.4 is 0 Å². The van der Waals surface area contributed by atoms with Gasteiger partial charge in [0, 0.05) is 5.31 Å². The Bertz CT molecular complexity index is 302. The van der Waals surface area contributed by atoms with E-state index < -0.39 is 12.4 Å². The molecule has 0 aliphatic carbocycles. The first kappa shape index (κ1) is 23.0. The van der Waals surface area contributed by atoms with Crippen molar-refractivity contribution in [2.24, 2.45) is 29.1 Å². The van der Waals surface area contributed by atoms with Crippen molar-refractivity contribution in [2.75, 3.05) is 0 Å². The van der Waals surface area contributed by atoms with Crippen LogP contribution in [-0.2, 0) is 0 Å². The highest BCUT2D eigenvalue weighted by atomic mass is 16.4. The molecule has 0 spiro atoms. The number of rotatable bonds is 11. The zero-order valence-corrected chi connectivity index (χ0v) is 17.3. The predicted molar refractivity (Wildman–Crippen MR) is 103 cm³/mol. The van der Waals surface area contributed by atoms with Crippen LogP contribution in [0.5, 0.6) is 0 Å². The lowest BCUT2D eigenvalue weighted by Gasteiger charge is -2.54. The molecule has 0 aromatic carbocycles. The molecule has 0 radical (unpaired) electrons. The fraction of sp³-hybridized carbons (Fsp3) is 1.00. The van der Waals surface area contributed by atoms with Gasteiger partial charge in [0.05, 0.1) is 0 Å². The highest BCUT2D eigenvalue weighted by molar-refractivity contribution is 6.46. The Morgan fingerprint density at radius 2 is 0.957 bits per heavy atom. The van der Waals surface area contributed by atoms with E-state index in [1.54, 1.807) is 0 Å². The molecule has 0 saturated heterocycles. The topological polar surface area (TPSA) is 40.5 Å². The van der Waals surface area contributed by atoms with Gasteiger partial charge in [-0.25, -0.2) is 0 Å². The first-order chi connectivity index (χ1) is 10.4. The average Bonchev–Trinajstić information content (AvgIpc) is 2.33. The first-order valence-corrected chi connectivity index (χ1v) is 9.78. The van der Waals surface area contributed by atoms with Gasteiger partial charge in [0.25, 0.3) is 0 Å². The third-order valence-electron chi connectivity index (χ3n) is 5.37. The summed E-state index contributed by atoms with van der Waals surface area (Å²) in [6.07, 6.45) is 4.92. The standard InChI is InChI=1S/C20H43BO2/c1-10-19(11-15(2)3,12-16(4)5)20(21(22)23,13-17(6)7)14-18(8)9/h15-18,22-23H,10-14H2,1-9H3. The number of hydrogen-bond donors (Lipinski definition) is 2. The molecule has 0 rings (SSSR count). The Morgan fingerprint density at radius 1 is 0.652 bits per heavy atom. The van der Waals surface area contributed by atoms with E-state index in [-0.39, 0.29) is 5.41 Å². The maximum Gasteiger partial charge on any atom is 0.458 e. The van der Waals surface area contributed by atoms with Gasteiger partial charge in [-0.15, -0.1) is 0 Å². The summed E-state index contributed by atoms with van der Waals surface area (Å²) in [5, 5.41) is 20.8. The van der Waals surface area contributed by atoms with E-state index in [4.69, 9.17) is 0 Å². The van der Waals surface area contributed by atoms with E-state index in [1.807, 2.05) is 0 Å². The minimum atomic E-state index is -1.25. The third kappa shape index (κ3) is 6.09. The lowest BCUT2D eigenvalue weighted by molar-refractivity contribution is 0.0444. The Kier molecular flexibility index (Phi) is 9.46. The molecule has 0 heterocycles. The molecule has 3 heteroatoms. The maximum atomic E-state index is 10.6. The van der Waals surface area contributed by atoms with Crippen LogP contribution in [0, 0.1) is 29.1 Å². The van der Waals surface area contributed by atoms with Crippen LogP contribution in [0.4, 0.5) is 0 Å². The summed E-state index contributed by atoms with van der Waals surface area (Å²) < 4.78 is 0. The summed E-state index contributed by atoms with van der Waals surface area (Å²) in [7, 11) is -1.25. The van der Waals surface area contributed by atoms with Crippen LogP contribution in [0.25, 0.3) is 0 Å². The van der Waals surface area contributed by atoms with Crippen LogP contribution in [0.2, 0.25) is 5.31 Å². The summed E-state index contributed by atoms with van der Waals surface area (Å²) in [5.41, 5.74) is -0.0158. The molecule has 0 aromatic heterocycles. The molecule has 0 aliphatic rings. The lowest BCUT2D eigenvalue weighted by Crippen LogP contribution is -2.50. The first-order valence-electron chi connectivity index (χ1n) is 9.78. The minimum Gasteiger partial charge on any atom is -0.427 e. The normalized spacial score (nSPS) is 13.7. The summed E-state index contributed by atoms with van der Waals surface area (Å²) >= 11 is 0. The van der Waals surface area contributed by atoms with E-state index >= 15 is 0 Å². The molecule has 2 nitrogen and oxygen atoms in total. The molecule has 0 aromatic rings. The molecule has 0 fully saturated rings. The van der Waals surface area contributed by atoms with Crippen LogP contribution in [-0.4, -0.2) is 17.2 Å². The van der Waals surface area contributed by atoms with Crippen LogP contribution in [0.15, 0.2) is 0 Å². The zero-order chi connectivity index (χ0) is 18.4. The van der Waals surface area contributed by atoms with Crippen molar-refractivity contribution < 1.29 is 10.0 Å². The largest absolute Gasteiger partial charge is 0.458 e. The maximum absolute atomic E-state index is 10.6. The molecule has 0 bridgehead atoms. The summed E-state index contributed by atoms with van der Waals surface area (Å²) in [5.74, 6) is 2.04. The van der Waals surface area contributed by atoms with Gasteiger partial charge in [-0.3, -0.25) is 0 Å². The Balaban J connectivity index is 6.22. The number of hydrogen-bond acceptors (Lipinski definition) is 2. The van der Waals surface area contributed by atoms with Crippen molar-refractivity contribution in [2.45, 2.75) is 99.7 Å². The van der Waals surface area contributed by atoms with E-state index in [9.17, 15) is 10.0 Å². The van der Waals surface area contributed by atoms with Gasteiger partial charge < -0.3 is 10.0 Å². The average molecular weight is 326 g/mol. The smallest absolute Gasteiger partial charge is 0.427 e. The van der Waals surface area contributed by atoms with E-state index in [0.717, 1.165) is 32.1 Å². The van der Waals surface area contributed by atoms with E-state index in [1.165, 1.54) is 0 Å². The van der Waals surface area contributed by atoms with Gasteiger partial charge >= 0.3 is 7.12 Å². The molecule has 0 unspecified atom stereocenters. The van der Waals surface area contributed by atoms with Crippen molar-refractivity contribution in [3.8, 4) is 0 Å². The quantitative estimate of drug-likeness (QED) is 0.472. The predicted octanol–water partition coefficient (Wildman–Crippen LogP) is 5.78. The van der Waals surface area contributed by atoms with Gasteiger partial charge in [-0.1, -0.05) is 68.7 Å². The molecule has 0 amide bonds. The van der Waals surface area contributed by atoms with Crippen molar-refractivity contribution >= 4 is 7.12 Å². The molecular formula is C20H43BO2. The molecule has 23 heavy (non-hydrogen) atoms. The Labute approximate surface area is 146 Å².